The van der Waals surface area contributed by atoms with E-state index in [1.807, 2.05) is 19.9 Å². The molecule has 1 aliphatic rings. The second-order valence-electron chi connectivity index (χ2n) is 6.07. The normalized spacial score (nSPS) is 18.3. The predicted molar refractivity (Wildman–Crippen MR) is 84.9 cm³/mol. The molecule has 0 bridgehead atoms. The molecule has 0 amide bonds. The van der Waals surface area contributed by atoms with Crippen LogP contribution >= 0.6 is 0 Å². The zero-order valence-electron chi connectivity index (χ0n) is 13.3. The zero-order chi connectivity index (χ0) is 16.6. The highest BCUT2D eigenvalue weighted by atomic mass is 19.2. The van der Waals surface area contributed by atoms with Crippen LogP contribution < -0.4 is 0 Å². The molecule has 1 nitrogen and oxygen atoms in total. The molecular formula is C19H19F3O. The molecular weight excluding hydrogens is 301 g/mol. The minimum atomic E-state index is -1.10. The van der Waals surface area contributed by atoms with Gasteiger partial charge < -0.3 is 4.74 Å². The summed E-state index contributed by atoms with van der Waals surface area (Å²) in [4.78, 5) is 0. The first kappa shape index (κ1) is 16.1. The predicted octanol–water partition coefficient (Wildman–Crippen LogP) is 5.62. The van der Waals surface area contributed by atoms with E-state index >= 15 is 0 Å². The Morgan fingerprint density at radius 1 is 1.13 bits per heavy atom. The summed E-state index contributed by atoms with van der Waals surface area (Å²) in [6, 6.07) is 4.80. The summed E-state index contributed by atoms with van der Waals surface area (Å²) >= 11 is 0. The summed E-state index contributed by atoms with van der Waals surface area (Å²) < 4.78 is 48.9. The Morgan fingerprint density at radius 2 is 1.91 bits per heavy atom. The van der Waals surface area contributed by atoms with Crippen LogP contribution in [0.3, 0.4) is 0 Å². The van der Waals surface area contributed by atoms with Crippen molar-refractivity contribution in [2.75, 3.05) is 6.61 Å². The van der Waals surface area contributed by atoms with Gasteiger partial charge in [-0.05, 0) is 36.8 Å². The van der Waals surface area contributed by atoms with E-state index in [1.54, 1.807) is 12.1 Å². The topological polar surface area (TPSA) is 9.23 Å². The highest BCUT2D eigenvalue weighted by Gasteiger charge is 2.23. The molecule has 2 aromatic carbocycles. The van der Waals surface area contributed by atoms with Gasteiger partial charge in [0.15, 0.2) is 11.6 Å². The average Bonchev–Trinajstić information content (AvgIpc) is 2.54. The first-order valence-electron chi connectivity index (χ1n) is 7.89. The van der Waals surface area contributed by atoms with Gasteiger partial charge in [0.1, 0.15) is 5.82 Å². The number of halogens is 3. The molecule has 0 saturated heterocycles. The van der Waals surface area contributed by atoms with Gasteiger partial charge in [0.25, 0.3) is 0 Å². The van der Waals surface area contributed by atoms with Crippen molar-refractivity contribution in [1.29, 1.82) is 0 Å². The molecule has 2 aromatic rings. The van der Waals surface area contributed by atoms with Gasteiger partial charge in [-0.25, -0.2) is 13.2 Å². The van der Waals surface area contributed by atoms with Gasteiger partial charge >= 0.3 is 0 Å². The van der Waals surface area contributed by atoms with Gasteiger partial charge in [0.2, 0.25) is 0 Å². The van der Waals surface area contributed by atoms with Gasteiger partial charge in [-0.1, -0.05) is 37.1 Å². The first-order valence-corrected chi connectivity index (χ1v) is 7.89. The molecule has 1 atom stereocenters. The largest absolute Gasteiger partial charge is 0.369 e. The van der Waals surface area contributed by atoms with Crippen molar-refractivity contribution in [3.05, 3.63) is 58.4 Å². The van der Waals surface area contributed by atoms with E-state index in [9.17, 15) is 13.2 Å². The van der Waals surface area contributed by atoms with Crippen molar-refractivity contribution in [2.24, 2.45) is 0 Å². The number of aryl methyl sites for hydroxylation is 1. The Bertz CT molecular complexity index is 780. The molecule has 1 heterocycles. The molecule has 0 N–H and O–H groups in total. The Morgan fingerprint density at radius 3 is 2.57 bits per heavy atom. The molecule has 4 heteroatoms. The van der Waals surface area contributed by atoms with E-state index in [1.165, 1.54) is 6.07 Å². The maximum absolute atomic E-state index is 14.8. The first-order chi connectivity index (χ1) is 11.0. The van der Waals surface area contributed by atoms with E-state index in [0.717, 1.165) is 5.57 Å². The third-order valence-electron chi connectivity index (χ3n) is 4.29. The number of benzene rings is 2. The van der Waals surface area contributed by atoms with E-state index in [2.05, 4.69) is 0 Å². The van der Waals surface area contributed by atoms with Crippen molar-refractivity contribution in [3.8, 4) is 0 Å². The second-order valence-corrected chi connectivity index (χ2v) is 6.07. The highest BCUT2D eigenvalue weighted by Crippen LogP contribution is 2.34. The quantitative estimate of drug-likeness (QED) is 0.667. The molecule has 122 valence electrons. The van der Waals surface area contributed by atoms with E-state index < -0.39 is 23.6 Å². The van der Waals surface area contributed by atoms with Crippen LogP contribution in [0.4, 0.5) is 13.2 Å². The lowest BCUT2D eigenvalue weighted by Crippen LogP contribution is -2.12. The number of rotatable bonds is 3. The van der Waals surface area contributed by atoms with Gasteiger partial charge in [-0.2, -0.15) is 0 Å². The Hall–Kier alpha value is -1.81. The van der Waals surface area contributed by atoms with Crippen LogP contribution in [0, 0.1) is 17.5 Å². The summed E-state index contributed by atoms with van der Waals surface area (Å²) in [7, 11) is 0. The fourth-order valence-corrected chi connectivity index (χ4v) is 3.04. The van der Waals surface area contributed by atoms with Crippen molar-refractivity contribution < 1.29 is 17.9 Å². The fraction of sp³-hybridized carbons (Fsp3) is 0.368. The fourth-order valence-electron chi connectivity index (χ4n) is 3.04. The minimum Gasteiger partial charge on any atom is -0.369 e. The summed E-state index contributed by atoms with van der Waals surface area (Å²) in [6.07, 6.45) is 3.19. The van der Waals surface area contributed by atoms with E-state index in [4.69, 9.17) is 4.74 Å². The molecule has 0 aromatic heterocycles. The summed E-state index contributed by atoms with van der Waals surface area (Å²) in [5, 5.41) is 0.103. The lowest BCUT2D eigenvalue weighted by molar-refractivity contribution is 0.0593. The molecule has 0 fully saturated rings. The summed E-state index contributed by atoms with van der Waals surface area (Å²) in [5.74, 6) is -2.77. The molecule has 0 aliphatic carbocycles. The van der Waals surface area contributed by atoms with Crippen molar-refractivity contribution in [1.82, 2.24) is 0 Å². The maximum Gasteiger partial charge on any atom is 0.169 e. The van der Waals surface area contributed by atoms with Gasteiger partial charge in [-0.3, -0.25) is 0 Å². The Balaban J connectivity index is 2.12. The number of hydrogen-bond acceptors (Lipinski definition) is 1. The third-order valence-corrected chi connectivity index (χ3v) is 4.29. The molecule has 3 rings (SSSR count). The number of ether oxygens (including phenoxy) is 1. The minimum absolute atomic E-state index is 0.280. The average molecular weight is 320 g/mol. The summed E-state index contributed by atoms with van der Waals surface area (Å²) in [5.41, 5.74) is 1.66. The smallest absolute Gasteiger partial charge is 0.169 e. The Kier molecular flexibility index (Phi) is 4.44. The molecule has 23 heavy (non-hydrogen) atoms. The SMILES string of the molecule is CCCc1cc2ccc(C3CC=C(C)CO3)c(F)c2c(F)c1F. The van der Waals surface area contributed by atoms with Crippen LogP contribution in [-0.2, 0) is 11.2 Å². The third kappa shape index (κ3) is 2.88. The van der Waals surface area contributed by atoms with Crippen LogP contribution in [0.15, 0.2) is 29.8 Å². The van der Waals surface area contributed by atoms with Crippen molar-refractivity contribution >= 4 is 10.8 Å². The maximum atomic E-state index is 14.8. The molecule has 0 spiro atoms. The highest BCUT2D eigenvalue weighted by molar-refractivity contribution is 5.85. The number of hydrogen-bond donors (Lipinski definition) is 0. The zero-order valence-corrected chi connectivity index (χ0v) is 13.3. The van der Waals surface area contributed by atoms with Crippen LogP contribution in [0.2, 0.25) is 0 Å². The second kappa shape index (κ2) is 6.36. The monoisotopic (exact) mass is 320 g/mol. The van der Waals surface area contributed by atoms with Crippen LogP contribution in [0.1, 0.15) is 43.9 Å². The standard InChI is InChI=1S/C19H19F3O/c1-3-4-13-9-12-6-7-14(15-8-5-11(2)10-23-15)18(21)16(12)19(22)17(13)20/h5-7,9,15H,3-4,8,10H2,1-2H3. The van der Waals surface area contributed by atoms with Crippen LogP contribution in [-0.4, -0.2) is 6.61 Å². The molecule has 0 radical (unpaired) electrons. The van der Waals surface area contributed by atoms with Crippen LogP contribution in [0.5, 0.6) is 0 Å². The molecule has 1 unspecified atom stereocenters. The van der Waals surface area contributed by atoms with Gasteiger partial charge in [0.05, 0.1) is 18.1 Å². The van der Waals surface area contributed by atoms with Gasteiger partial charge in [0, 0.05) is 5.56 Å². The molecule has 1 aliphatic heterocycles. The van der Waals surface area contributed by atoms with Crippen molar-refractivity contribution in [3.63, 3.8) is 0 Å². The lowest BCUT2D eigenvalue weighted by atomic mass is 9.96. The van der Waals surface area contributed by atoms with Gasteiger partial charge in [-0.15, -0.1) is 0 Å². The Labute approximate surface area is 133 Å². The lowest BCUT2D eigenvalue weighted by Gasteiger charge is -2.23. The molecule has 0 saturated carbocycles. The van der Waals surface area contributed by atoms with E-state index in [0.29, 0.717) is 31.3 Å². The summed E-state index contributed by atoms with van der Waals surface area (Å²) in [6.45, 7) is 4.26. The van der Waals surface area contributed by atoms with Crippen molar-refractivity contribution in [2.45, 2.75) is 39.2 Å². The van der Waals surface area contributed by atoms with Crippen LogP contribution in [0.25, 0.3) is 10.8 Å². The van der Waals surface area contributed by atoms with E-state index in [-0.39, 0.29) is 16.5 Å². The number of fused-ring (bicyclic) bond motifs is 1.